The monoisotopic (exact) mass is 338 g/mol. The minimum absolute atomic E-state index is 0.721. The number of nitrogens with one attached hydrogen (secondary N) is 1. The molecule has 20 heavy (non-hydrogen) atoms. The van der Waals surface area contributed by atoms with Gasteiger partial charge in [0.05, 0.1) is 0 Å². The number of hydrogen-bond donors (Lipinski definition) is 1. The van der Waals surface area contributed by atoms with Gasteiger partial charge in [0.25, 0.3) is 0 Å². The van der Waals surface area contributed by atoms with E-state index in [-0.39, 0.29) is 0 Å². The van der Waals surface area contributed by atoms with Crippen LogP contribution in [-0.2, 0) is 6.54 Å². The predicted octanol–water partition coefficient (Wildman–Crippen LogP) is 4.05. The molecular weight excluding hydrogens is 312 g/mol. The standard InChI is InChI=1S/C17H27BrN2/c1-3-19-17-10-5-4-8-15(17)13-20(2)12-14-7-6-9-16(18)11-14/h6-7,9,11,15,17,19H,3-5,8,10,12-13H2,1-2H3. The molecule has 2 unspecified atom stereocenters. The van der Waals surface area contributed by atoms with Crippen molar-refractivity contribution in [1.29, 1.82) is 0 Å². The molecule has 0 bridgehead atoms. The minimum atomic E-state index is 0.721. The van der Waals surface area contributed by atoms with E-state index in [0.717, 1.165) is 25.0 Å². The highest BCUT2D eigenvalue weighted by atomic mass is 79.9. The summed E-state index contributed by atoms with van der Waals surface area (Å²) in [5.41, 5.74) is 1.39. The fourth-order valence-corrected chi connectivity index (χ4v) is 3.82. The third-order valence-electron chi connectivity index (χ3n) is 4.26. The number of halogens is 1. The normalized spacial score (nSPS) is 23.2. The van der Waals surface area contributed by atoms with Crippen LogP contribution in [0.15, 0.2) is 28.7 Å². The Bertz CT molecular complexity index is 406. The maximum absolute atomic E-state index is 3.68. The van der Waals surface area contributed by atoms with Gasteiger partial charge in [-0.15, -0.1) is 0 Å². The van der Waals surface area contributed by atoms with Crippen molar-refractivity contribution in [2.45, 2.75) is 45.2 Å². The summed E-state index contributed by atoms with van der Waals surface area (Å²) in [5.74, 6) is 0.806. The lowest BCUT2D eigenvalue weighted by Gasteiger charge is -2.35. The molecule has 0 amide bonds. The highest BCUT2D eigenvalue weighted by Gasteiger charge is 2.25. The van der Waals surface area contributed by atoms with E-state index in [2.05, 4.69) is 64.4 Å². The van der Waals surface area contributed by atoms with E-state index >= 15 is 0 Å². The zero-order valence-electron chi connectivity index (χ0n) is 12.7. The van der Waals surface area contributed by atoms with E-state index in [1.165, 1.54) is 42.3 Å². The maximum Gasteiger partial charge on any atom is 0.0231 e. The molecule has 1 fully saturated rings. The summed E-state index contributed by atoms with van der Waals surface area (Å²) in [6, 6.07) is 9.36. The first-order valence-electron chi connectivity index (χ1n) is 7.85. The molecule has 1 saturated carbocycles. The number of nitrogens with zero attached hydrogens (tertiary/aromatic N) is 1. The van der Waals surface area contributed by atoms with Crippen molar-refractivity contribution in [2.24, 2.45) is 5.92 Å². The molecule has 0 saturated heterocycles. The molecule has 112 valence electrons. The summed E-state index contributed by atoms with van der Waals surface area (Å²) in [4.78, 5) is 2.47. The minimum Gasteiger partial charge on any atom is -0.314 e. The van der Waals surface area contributed by atoms with E-state index in [4.69, 9.17) is 0 Å². The summed E-state index contributed by atoms with van der Waals surface area (Å²) in [7, 11) is 2.25. The van der Waals surface area contributed by atoms with Crippen LogP contribution in [0.5, 0.6) is 0 Å². The molecule has 0 radical (unpaired) electrons. The van der Waals surface area contributed by atoms with Gasteiger partial charge in [-0.2, -0.15) is 0 Å². The summed E-state index contributed by atoms with van der Waals surface area (Å²) in [6.45, 7) is 5.55. The first-order chi connectivity index (χ1) is 9.69. The number of hydrogen-bond acceptors (Lipinski definition) is 2. The third kappa shape index (κ3) is 4.87. The fraction of sp³-hybridized carbons (Fsp3) is 0.647. The zero-order valence-corrected chi connectivity index (χ0v) is 14.3. The summed E-state index contributed by atoms with van der Waals surface area (Å²) in [6.07, 6.45) is 5.52. The number of rotatable bonds is 6. The average Bonchev–Trinajstić information content (AvgIpc) is 2.41. The van der Waals surface area contributed by atoms with Gasteiger partial charge in [0.15, 0.2) is 0 Å². The van der Waals surface area contributed by atoms with E-state index in [0.29, 0.717) is 0 Å². The molecule has 3 heteroatoms. The molecule has 1 aromatic carbocycles. The Balaban J connectivity index is 1.87. The SMILES string of the molecule is CCNC1CCCCC1CN(C)Cc1cccc(Br)c1. The quantitative estimate of drug-likeness (QED) is 0.841. The highest BCUT2D eigenvalue weighted by molar-refractivity contribution is 9.10. The Morgan fingerprint density at radius 3 is 2.85 bits per heavy atom. The predicted molar refractivity (Wildman–Crippen MR) is 89.9 cm³/mol. The Kier molecular flexibility index (Phi) is 6.53. The molecule has 1 aliphatic carbocycles. The van der Waals surface area contributed by atoms with Crippen LogP contribution in [0, 0.1) is 5.92 Å². The van der Waals surface area contributed by atoms with Crippen molar-refractivity contribution < 1.29 is 0 Å². The van der Waals surface area contributed by atoms with Crippen molar-refractivity contribution in [3.05, 3.63) is 34.3 Å². The van der Waals surface area contributed by atoms with Gasteiger partial charge in [-0.25, -0.2) is 0 Å². The van der Waals surface area contributed by atoms with Crippen molar-refractivity contribution >= 4 is 15.9 Å². The average molecular weight is 339 g/mol. The topological polar surface area (TPSA) is 15.3 Å². The van der Waals surface area contributed by atoms with Gasteiger partial charge in [0.2, 0.25) is 0 Å². The third-order valence-corrected chi connectivity index (χ3v) is 4.76. The van der Waals surface area contributed by atoms with E-state index in [1.54, 1.807) is 0 Å². The van der Waals surface area contributed by atoms with E-state index in [1.807, 2.05) is 0 Å². The first-order valence-corrected chi connectivity index (χ1v) is 8.64. The van der Waals surface area contributed by atoms with Crippen molar-refractivity contribution in [2.75, 3.05) is 20.1 Å². The second kappa shape index (κ2) is 8.16. The first kappa shape index (κ1) is 16.0. The van der Waals surface area contributed by atoms with Crippen molar-refractivity contribution in [3.8, 4) is 0 Å². The second-order valence-corrected chi connectivity index (χ2v) is 6.95. The molecule has 0 aliphatic heterocycles. The molecule has 0 spiro atoms. The van der Waals surface area contributed by atoms with E-state index in [9.17, 15) is 0 Å². The van der Waals surface area contributed by atoms with Crippen LogP contribution >= 0.6 is 15.9 Å². The smallest absolute Gasteiger partial charge is 0.0231 e. The van der Waals surface area contributed by atoms with Gasteiger partial charge in [0.1, 0.15) is 0 Å². The van der Waals surface area contributed by atoms with Crippen molar-refractivity contribution in [1.82, 2.24) is 10.2 Å². The van der Waals surface area contributed by atoms with Crippen LogP contribution in [0.1, 0.15) is 38.2 Å². The van der Waals surface area contributed by atoms with Gasteiger partial charge >= 0.3 is 0 Å². The zero-order chi connectivity index (χ0) is 14.4. The molecular formula is C17H27BrN2. The fourth-order valence-electron chi connectivity index (χ4n) is 3.37. The van der Waals surface area contributed by atoms with Crippen LogP contribution in [0.2, 0.25) is 0 Å². The lowest BCUT2D eigenvalue weighted by molar-refractivity contribution is 0.186. The Morgan fingerprint density at radius 1 is 1.30 bits per heavy atom. The van der Waals surface area contributed by atoms with Crippen LogP contribution < -0.4 is 5.32 Å². The van der Waals surface area contributed by atoms with Gasteiger partial charge in [-0.05, 0) is 50.0 Å². The summed E-state index contributed by atoms with van der Waals surface area (Å²) in [5, 5.41) is 3.68. The van der Waals surface area contributed by atoms with Gasteiger partial charge in [0, 0.05) is 23.6 Å². The molecule has 1 aliphatic rings. The second-order valence-electron chi connectivity index (χ2n) is 6.04. The largest absolute Gasteiger partial charge is 0.314 e. The molecule has 0 heterocycles. The summed E-state index contributed by atoms with van der Waals surface area (Å²) >= 11 is 3.55. The van der Waals surface area contributed by atoms with E-state index < -0.39 is 0 Å². The Hall–Kier alpha value is -0.380. The molecule has 1 aromatic rings. The van der Waals surface area contributed by atoms with Crippen LogP contribution in [0.25, 0.3) is 0 Å². The van der Waals surface area contributed by atoms with Crippen LogP contribution in [0.4, 0.5) is 0 Å². The van der Waals surface area contributed by atoms with Gasteiger partial charge < -0.3 is 10.2 Å². The van der Waals surface area contributed by atoms with Crippen molar-refractivity contribution in [3.63, 3.8) is 0 Å². The molecule has 2 nitrogen and oxygen atoms in total. The number of benzene rings is 1. The summed E-state index contributed by atoms with van der Waals surface area (Å²) < 4.78 is 1.17. The molecule has 0 aromatic heterocycles. The van der Waals surface area contributed by atoms with Crippen LogP contribution in [0.3, 0.4) is 0 Å². The molecule has 2 atom stereocenters. The maximum atomic E-state index is 3.68. The molecule has 1 N–H and O–H groups in total. The van der Waals surface area contributed by atoms with Gasteiger partial charge in [-0.1, -0.05) is 47.8 Å². The Morgan fingerprint density at radius 2 is 2.10 bits per heavy atom. The van der Waals surface area contributed by atoms with Crippen LogP contribution in [-0.4, -0.2) is 31.1 Å². The lowest BCUT2D eigenvalue weighted by atomic mass is 9.84. The van der Waals surface area contributed by atoms with Gasteiger partial charge in [-0.3, -0.25) is 0 Å². The highest BCUT2D eigenvalue weighted by Crippen LogP contribution is 2.25. The lowest BCUT2D eigenvalue weighted by Crippen LogP contribution is -2.43. The molecule has 2 rings (SSSR count). The Labute approximate surface area is 132 Å².